The lowest BCUT2D eigenvalue weighted by molar-refractivity contribution is -0.139. The summed E-state index contributed by atoms with van der Waals surface area (Å²) in [5, 5.41) is 0. The largest absolute Gasteiger partial charge is 0.462 e. The van der Waals surface area contributed by atoms with E-state index in [1.165, 1.54) is 0 Å². The van der Waals surface area contributed by atoms with Crippen molar-refractivity contribution >= 4 is 5.97 Å². The second kappa shape index (κ2) is 8.36. The number of ether oxygens (including phenoxy) is 1. The van der Waals surface area contributed by atoms with Crippen LogP contribution in [0.3, 0.4) is 0 Å². The highest BCUT2D eigenvalue weighted by molar-refractivity contribution is 5.86. The average molecular weight is 308 g/mol. The Labute approximate surface area is 129 Å². The summed E-state index contributed by atoms with van der Waals surface area (Å²) in [6.45, 7) is 9.59. The minimum absolute atomic E-state index is 0.321. The molecule has 1 aromatic heterocycles. The number of aromatic nitrogens is 2. The van der Waals surface area contributed by atoms with Crippen LogP contribution >= 0.6 is 0 Å². The number of nitrogens with zero attached hydrogens (tertiary/aromatic N) is 1. The number of esters is 1. The third kappa shape index (κ3) is 5.02. The number of nitrogens with one attached hydrogen (secondary N) is 1. The van der Waals surface area contributed by atoms with Crippen LogP contribution in [0.5, 0.6) is 0 Å². The summed E-state index contributed by atoms with van der Waals surface area (Å²) in [6, 6.07) is 0. The van der Waals surface area contributed by atoms with Crippen molar-refractivity contribution in [2.24, 2.45) is 0 Å². The number of carbonyl (C=O) groups is 1. The van der Waals surface area contributed by atoms with Crippen molar-refractivity contribution in [2.75, 3.05) is 6.61 Å². The van der Waals surface area contributed by atoms with Gasteiger partial charge in [-0.25, -0.2) is 9.59 Å². The molecule has 0 bridgehead atoms. The number of rotatable bonds is 8. The second-order valence-corrected chi connectivity index (χ2v) is 5.45. The predicted octanol–water partition coefficient (Wildman–Crippen LogP) is 1.83. The van der Waals surface area contributed by atoms with Crippen molar-refractivity contribution in [3.05, 3.63) is 44.2 Å². The number of H-pyrrole nitrogens is 1. The summed E-state index contributed by atoms with van der Waals surface area (Å²) in [7, 11) is 0. The maximum atomic E-state index is 11.8. The minimum Gasteiger partial charge on any atom is -0.462 e. The first-order valence-corrected chi connectivity index (χ1v) is 7.47. The molecule has 0 unspecified atom stereocenters. The molecule has 1 rings (SSSR count). The third-order valence-electron chi connectivity index (χ3n) is 3.61. The fraction of sp³-hybridized carbons (Fsp3) is 0.562. The highest BCUT2D eigenvalue weighted by Gasteiger charge is 2.07. The quantitative estimate of drug-likeness (QED) is 0.451. The molecule has 0 saturated heterocycles. The van der Waals surface area contributed by atoms with Gasteiger partial charge in [-0.1, -0.05) is 13.0 Å². The molecule has 1 heterocycles. The number of hydrogen-bond donors (Lipinski definition) is 1. The Balaban J connectivity index is 2.33. The van der Waals surface area contributed by atoms with Crippen LogP contribution in [0.2, 0.25) is 0 Å². The molecule has 0 spiro atoms. The van der Waals surface area contributed by atoms with Gasteiger partial charge in [0.25, 0.3) is 5.56 Å². The third-order valence-corrected chi connectivity index (χ3v) is 3.61. The molecule has 1 aromatic rings. The lowest BCUT2D eigenvalue weighted by Gasteiger charge is -2.10. The Kier molecular flexibility index (Phi) is 6.82. The Bertz CT molecular complexity index is 655. The Morgan fingerprint density at radius 1 is 1.18 bits per heavy atom. The SMILES string of the molecule is C=C(C)C(=O)OCCCCCCn1c(C)c(C)c(=O)[nH]c1=O. The van der Waals surface area contributed by atoms with Gasteiger partial charge in [0, 0.05) is 23.4 Å². The van der Waals surface area contributed by atoms with Gasteiger partial charge in [-0.05, 0) is 40.0 Å². The first kappa shape index (κ1) is 17.9. The molecule has 0 aromatic carbocycles. The molecule has 6 nitrogen and oxygen atoms in total. The van der Waals surface area contributed by atoms with Gasteiger partial charge in [-0.2, -0.15) is 0 Å². The van der Waals surface area contributed by atoms with Gasteiger partial charge in [0.2, 0.25) is 0 Å². The van der Waals surface area contributed by atoms with Gasteiger partial charge in [0.15, 0.2) is 0 Å². The van der Waals surface area contributed by atoms with Gasteiger partial charge in [-0.15, -0.1) is 0 Å². The van der Waals surface area contributed by atoms with E-state index in [0.717, 1.165) is 25.7 Å². The number of aromatic amines is 1. The van der Waals surface area contributed by atoms with E-state index < -0.39 is 0 Å². The topological polar surface area (TPSA) is 81.2 Å². The zero-order valence-electron chi connectivity index (χ0n) is 13.5. The minimum atomic E-state index is -0.358. The maximum absolute atomic E-state index is 11.8. The highest BCUT2D eigenvalue weighted by atomic mass is 16.5. The molecule has 0 aliphatic rings. The first-order chi connectivity index (χ1) is 10.3. The Hall–Kier alpha value is -2.11. The maximum Gasteiger partial charge on any atom is 0.333 e. The zero-order chi connectivity index (χ0) is 16.7. The van der Waals surface area contributed by atoms with Crippen molar-refractivity contribution in [3.63, 3.8) is 0 Å². The van der Waals surface area contributed by atoms with Crippen LogP contribution in [0.4, 0.5) is 0 Å². The molecular formula is C16H24N2O4. The van der Waals surface area contributed by atoms with E-state index in [2.05, 4.69) is 11.6 Å². The molecule has 0 amide bonds. The molecule has 22 heavy (non-hydrogen) atoms. The summed E-state index contributed by atoms with van der Waals surface area (Å²) in [6.07, 6.45) is 3.46. The van der Waals surface area contributed by atoms with Crippen molar-refractivity contribution in [1.82, 2.24) is 9.55 Å². The Morgan fingerprint density at radius 2 is 1.82 bits per heavy atom. The summed E-state index contributed by atoms with van der Waals surface area (Å²) in [5.74, 6) is -0.356. The van der Waals surface area contributed by atoms with Crippen LogP contribution in [-0.2, 0) is 16.1 Å². The van der Waals surface area contributed by atoms with E-state index in [1.54, 1.807) is 25.3 Å². The molecule has 0 aliphatic heterocycles. The van der Waals surface area contributed by atoms with Crippen LogP contribution in [0.1, 0.15) is 43.9 Å². The molecule has 122 valence electrons. The van der Waals surface area contributed by atoms with Gasteiger partial charge in [-0.3, -0.25) is 14.3 Å². The van der Waals surface area contributed by atoms with Crippen LogP contribution in [0, 0.1) is 13.8 Å². The van der Waals surface area contributed by atoms with E-state index in [-0.39, 0.29) is 17.2 Å². The van der Waals surface area contributed by atoms with Gasteiger partial charge in [0.1, 0.15) is 0 Å². The summed E-state index contributed by atoms with van der Waals surface area (Å²) < 4.78 is 6.60. The van der Waals surface area contributed by atoms with Gasteiger partial charge in [0.05, 0.1) is 6.61 Å². The van der Waals surface area contributed by atoms with E-state index in [1.807, 2.05) is 0 Å². The van der Waals surface area contributed by atoms with Crippen LogP contribution in [0.25, 0.3) is 0 Å². The molecule has 1 N–H and O–H groups in total. The zero-order valence-corrected chi connectivity index (χ0v) is 13.5. The van der Waals surface area contributed by atoms with E-state index >= 15 is 0 Å². The molecule has 0 aliphatic carbocycles. The van der Waals surface area contributed by atoms with Crippen molar-refractivity contribution in [1.29, 1.82) is 0 Å². The number of hydrogen-bond acceptors (Lipinski definition) is 4. The normalized spacial score (nSPS) is 10.5. The number of carbonyl (C=O) groups excluding carboxylic acids is 1. The average Bonchev–Trinajstić information content (AvgIpc) is 2.46. The fourth-order valence-electron chi connectivity index (χ4n) is 2.06. The molecular weight excluding hydrogens is 284 g/mol. The summed E-state index contributed by atoms with van der Waals surface area (Å²) in [4.78, 5) is 36.7. The van der Waals surface area contributed by atoms with E-state index in [4.69, 9.17) is 4.74 Å². The Morgan fingerprint density at radius 3 is 2.45 bits per heavy atom. The lowest BCUT2D eigenvalue weighted by Crippen LogP contribution is -2.33. The predicted molar refractivity (Wildman–Crippen MR) is 85.0 cm³/mol. The van der Waals surface area contributed by atoms with Gasteiger partial charge >= 0.3 is 11.7 Å². The molecule has 0 radical (unpaired) electrons. The first-order valence-electron chi connectivity index (χ1n) is 7.47. The van der Waals surface area contributed by atoms with Crippen LogP contribution in [-0.4, -0.2) is 22.1 Å². The smallest absolute Gasteiger partial charge is 0.333 e. The van der Waals surface area contributed by atoms with Crippen LogP contribution in [0.15, 0.2) is 21.7 Å². The van der Waals surface area contributed by atoms with Crippen molar-refractivity contribution in [3.8, 4) is 0 Å². The fourth-order valence-corrected chi connectivity index (χ4v) is 2.06. The summed E-state index contributed by atoms with van der Waals surface area (Å²) in [5.41, 5.74) is 1.01. The van der Waals surface area contributed by atoms with Gasteiger partial charge < -0.3 is 4.74 Å². The number of unbranched alkanes of at least 4 members (excludes halogenated alkanes) is 3. The van der Waals surface area contributed by atoms with Crippen molar-refractivity contribution in [2.45, 2.75) is 53.0 Å². The second-order valence-electron chi connectivity index (χ2n) is 5.45. The van der Waals surface area contributed by atoms with E-state index in [9.17, 15) is 14.4 Å². The highest BCUT2D eigenvalue weighted by Crippen LogP contribution is 2.05. The van der Waals surface area contributed by atoms with Crippen molar-refractivity contribution < 1.29 is 9.53 Å². The molecule has 0 atom stereocenters. The molecule has 0 saturated carbocycles. The standard InChI is InChI=1S/C16H24N2O4/c1-11(2)15(20)22-10-8-6-5-7-9-18-13(4)12(3)14(19)17-16(18)21/h1,5-10H2,2-4H3,(H,17,19,21). The van der Waals surface area contributed by atoms with E-state index in [0.29, 0.717) is 30.0 Å². The molecule has 0 fully saturated rings. The lowest BCUT2D eigenvalue weighted by atomic mass is 10.2. The summed E-state index contributed by atoms with van der Waals surface area (Å²) >= 11 is 0. The molecule has 6 heteroatoms. The van der Waals surface area contributed by atoms with Crippen LogP contribution < -0.4 is 11.2 Å². The monoisotopic (exact) mass is 308 g/mol.